The van der Waals surface area contributed by atoms with Crippen molar-refractivity contribution in [3.05, 3.63) is 0 Å². The fraction of sp³-hybridized carbons (Fsp3) is 0.667. The lowest BCUT2D eigenvalue weighted by Crippen LogP contribution is -2.37. The first-order valence-corrected chi connectivity index (χ1v) is 3.22. The summed E-state index contributed by atoms with van der Waals surface area (Å²) in [5.41, 5.74) is 0. The Morgan fingerprint density at radius 1 is 1.38 bits per heavy atom. The van der Waals surface area contributed by atoms with Crippen molar-refractivity contribution in [1.29, 1.82) is 0 Å². The van der Waals surface area contributed by atoms with Crippen molar-refractivity contribution in [1.82, 2.24) is 0 Å². The second kappa shape index (κ2) is 4.20. The van der Waals surface area contributed by atoms with Gasteiger partial charge < -0.3 is 4.74 Å². The van der Waals surface area contributed by atoms with E-state index < -0.39 is 24.1 Å². The van der Waals surface area contributed by atoms with E-state index in [2.05, 4.69) is 4.74 Å². The van der Waals surface area contributed by atoms with Gasteiger partial charge in [-0.2, -0.15) is 13.2 Å². The van der Waals surface area contributed by atoms with Gasteiger partial charge in [-0.05, 0) is 6.92 Å². The Kier molecular flexibility index (Phi) is 3.83. The average Bonchev–Trinajstić information content (AvgIpc) is 2.00. The van der Waals surface area contributed by atoms with Crippen molar-refractivity contribution >= 4 is 11.8 Å². The van der Waals surface area contributed by atoms with E-state index in [1.54, 1.807) is 0 Å². The van der Waals surface area contributed by atoms with Gasteiger partial charge in [-0.25, -0.2) is 9.18 Å². The number of halogens is 4. The second-order valence-corrected chi connectivity index (χ2v) is 1.98. The zero-order valence-corrected chi connectivity index (χ0v) is 6.52. The molecule has 0 spiro atoms. The van der Waals surface area contributed by atoms with E-state index in [9.17, 15) is 27.2 Å². The van der Waals surface area contributed by atoms with Gasteiger partial charge in [0.2, 0.25) is 0 Å². The van der Waals surface area contributed by atoms with Gasteiger partial charge in [-0.15, -0.1) is 0 Å². The van der Waals surface area contributed by atoms with E-state index in [0.717, 1.165) is 0 Å². The molecule has 0 amide bonds. The van der Waals surface area contributed by atoms with Crippen molar-refractivity contribution < 1.29 is 31.9 Å². The first-order chi connectivity index (χ1) is 5.80. The Hall–Kier alpha value is -1.14. The quantitative estimate of drug-likeness (QED) is 0.390. The van der Waals surface area contributed by atoms with Crippen LogP contribution < -0.4 is 0 Å². The lowest BCUT2D eigenvalue weighted by atomic mass is 10.2. The summed E-state index contributed by atoms with van der Waals surface area (Å²) in [5, 5.41) is 0. The van der Waals surface area contributed by atoms with E-state index >= 15 is 0 Å². The molecule has 1 unspecified atom stereocenters. The topological polar surface area (TPSA) is 43.4 Å². The largest absolute Gasteiger partial charge is 0.463 e. The summed E-state index contributed by atoms with van der Waals surface area (Å²) < 4.78 is 50.7. The molecule has 0 fully saturated rings. The van der Waals surface area contributed by atoms with Crippen LogP contribution in [0.1, 0.15) is 6.92 Å². The Balaban J connectivity index is 4.35. The summed E-state index contributed by atoms with van der Waals surface area (Å²) in [6.07, 6.45) is -8.63. The van der Waals surface area contributed by atoms with Crippen LogP contribution in [0.3, 0.4) is 0 Å². The van der Waals surface area contributed by atoms with Gasteiger partial charge in [0.1, 0.15) is 0 Å². The Morgan fingerprint density at radius 3 is 2.15 bits per heavy atom. The average molecular weight is 202 g/mol. The minimum atomic E-state index is -5.35. The van der Waals surface area contributed by atoms with Gasteiger partial charge in [0.15, 0.2) is 0 Å². The van der Waals surface area contributed by atoms with Crippen LogP contribution in [0.15, 0.2) is 0 Å². The maximum absolute atomic E-state index is 12.3. The molecule has 0 rings (SSSR count). The number of rotatable bonds is 3. The molecule has 0 aromatic rings. The molecule has 0 saturated heterocycles. The van der Waals surface area contributed by atoms with Crippen molar-refractivity contribution in [2.75, 3.05) is 6.61 Å². The van der Waals surface area contributed by atoms with E-state index in [0.29, 0.717) is 0 Å². The molecule has 76 valence electrons. The molecule has 0 heterocycles. The van der Waals surface area contributed by atoms with Gasteiger partial charge >= 0.3 is 12.1 Å². The summed E-state index contributed by atoms with van der Waals surface area (Å²) in [6, 6.07) is 0. The lowest BCUT2D eigenvalue weighted by molar-refractivity contribution is -0.181. The van der Waals surface area contributed by atoms with Gasteiger partial charge in [-0.1, -0.05) is 0 Å². The van der Waals surface area contributed by atoms with Crippen LogP contribution in [-0.2, 0) is 14.3 Å². The van der Waals surface area contributed by atoms with Gasteiger partial charge in [-0.3, -0.25) is 4.79 Å². The normalized spacial score (nSPS) is 13.6. The monoisotopic (exact) mass is 202 g/mol. The minimum absolute atomic E-state index is 0.287. The standard InChI is InChI=1S/C6H6F4O3/c1-2-13-5(12)3(7)4(11)6(8,9)10/h3H,2H2,1H3. The molecule has 0 bridgehead atoms. The summed E-state index contributed by atoms with van der Waals surface area (Å²) in [4.78, 5) is 20.4. The Morgan fingerprint density at radius 2 is 1.85 bits per heavy atom. The Bertz CT molecular complexity index is 210. The molecule has 0 aromatic carbocycles. The number of carbonyl (C=O) groups excluding carboxylic acids is 2. The molecule has 3 nitrogen and oxygen atoms in total. The number of ether oxygens (including phenoxy) is 1. The maximum Gasteiger partial charge on any atom is 0.453 e. The van der Waals surface area contributed by atoms with Crippen molar-refractivity contribution in [3.63, 3.8) is 0 Å². The number of hydrogen-bond donors (Lipinski definition) is 0. The summed E-state index contributed by atoms with van der Waals surface area (Å²) in [5.74, 6) is -4.56. The third kappa shape index (κ3) is 3.39. The second-order valence-electron chi connectivity index (χ2n) is 1.98. The van der Waals surface area contributed by atoms with E-state index in [-0.39, 0.29) is 6.61 Å². The third-order valence-corrected chi connectivity index (χ3v) is 1.00. The summed E-state index contributed by atoms with van der Waals surface area (Å²) >= 11 is 0. The number of esters is 1. The molecule has 0 radical (unpaired) electrons. The lowest BCUT2D eigenvalue weighted by Gasteiger charge is -2.08. The first-order valence-electron chi connectivity index (χ1n) is 3.22. The molecular weight excluding hydrogens is 196 g/mol. The highest BCUT2D eigenvalue weighted by Crippen LogP contribution is 2.19. The number of ketones is 1. The molecule has 13 heavy (non-hydrogen) atoms. The number of alkyl halides is 4. The Labute approximate surface area is 70.7 Å². The molecule has 7 heteroatoms. The number of hydrogen-bond acceptors (Lipinski definition) is 3. The molecular formula is C6H6F4O3. The van der Waals surface area contributed by atoms with E-state index in [1.165, 1.54) is 6.92 Å². The van der Waals surface area contributed by atoms with Crippen molar-refractivity contribution in [2.45, 2.75) is 19.3 Å². The SMILES string of the molecule is CCOC(=O)C(F)C(=O)C(F)(F)F. The molecule has 0 aliphatic carbocycles. The summed E-state index contributed by atoms with van der Waals surface area (Å²) in [7, 11) is 0. The van der Waals surface area contributed by atoms with Crippen LogP contribution in [-0.4, -0.2) is 30.7 Å². The number of Topliss-reactive ketones (excluding diaryl/α,β-unsaturated/α-hetero) is 1. The zero-order valence-electron chi connectivity index (χ0n) is 6.52. The fourth-order valence-corrected chi connectivity index (χ4v) is 0.466. The summed E-state index contributed by atoms with van der Waals surface area (Å²) in [6.45, 7) is 0.993. The highest BCUT2D eigenvalue weighted by Gasteiger charge is 2.47. The predicted octanol–water partition coefficient (Wildman–Crippen LogP) is 1.02. The van der Waals surface area contributed by atoms with Crippen LogP contribution in [0.2, 0.25) is 0 Å². The predicted molar refractivity (Wildman–Crippen MR) is 32.6 cm³/mol. The maximum atomic E-state index is 12.3. The molecule has 1 atom stereocenters. The van der Waals surface area contributed by atoms with Crippen molar-refractivity contribution in [2.24, 2.45) is 0 Å². The third-order valence-electron chi connectivity index (χ3n) is 1.00. The molecule has 0 N–H and O–H groups in total. The smallest absolute Gasteiger partial charge is 0.453 e. The zero-order chi connectivity index (χ0) is 10.6. The number of carbonyl (C=O) groups is 2. The molecule has 0 saturated carbocycles. The van der Waals surface area contributed by atoms with Crippen LogP contribution in [0.25, 0.3) is 0 Å². The van der Waals surface area contributed by atoms with Gasteiger partial charge in [0, 0.05) is 0 Å². The highest BCUT2D eigenvalue weighted by atomic mass is 19.4. The fourth-order valence-electron chi connectivity index (χ4n) is 0.466. The highest BCUT2D eigenvalue weighted by molar-refractivity contribution is 6.04. The molecule has 0 aliphatic rings. The van der Waals surface area contributed by atoms with Crippen LogP contribution in [0, 0.1) is 0 Å². The molecule has 0 aliphatic heterocycles. The van der Waals surface area contributed by atoms with Gasteiger partial charge in [0.25, 0.3) is 12.0 Å². The first kappa shape index (κ1) is 11.9. The van der Waals surface area contributed by atoms with Crippen LogP contribution in [0.5, 0.6) is 0 Å². The van der Waals surface area contributed by atoms with E-state index in [4.69, 9.17) is 0 Å². The van der Waals surface area contributed by atoms with E-state index in [1.807, 2.05) is 0 Å². The minimum Gasteiger partial charge on any atom is -0.463 e. The van der Waals surface area contributed by atoms with Crippen LogP contribution >= 0.6 is 0 Å². The molecule has 0 aromatic heterocycles. The van der Waals surface area contributed by atoms with Gasteiger partial charge in [0.05, 0.1) is 6.61 Å². The van der Waals surface area contributed by atoms with Crippen LogP contribution in [0.4, 0.5) is 17.6 Å². The van der Waals surface area contributed by atoms with Crippen molar-refractivity contribution in [3.8, 4) is 0 Å².